The van der Waals surface area contributed by atoms with Gasteiger partial charge >= 0.3 is 0 Å². The predicted molar refractivity (Wildman–Crippen MR) is 242 cm³/mol. The van der Waals surface area contributed by atoms with Crippen molar-refractivity contribution in [2.24, 2.45) is 0 Å². The molecule has 12 rings (SSSR count). The van der Waals surface area contributed by atoms with E-state index >= 15 is 0 Å². The molecule has 0 N–H and O–H groups in total. The molecule has 3 heterocycles. The van der Waals surface area contributed by atoms with Crippen molar-refractivity contribution in [1.29, 1.82) is 0 Å². The van der Waals surface area contributed by atoms with Crippen LogP contribution in [0.4, 0.5) is 17.2 Å². The van der Waals surface area contributed by atoms with Gasteiger partial charge in [-0.2, -0.15) is 0 Å². The van der Waals surface area contributed by atoms with Gasteiger partial charge in [-0.15, -0.1) is 0 Å². The van der Waals surface area contributed by atoms with Gasteiger partial charge in [0.1, 0.15) is 5.82 Å². The molecule has 0 amide bonds. The van der Waals surface area contributed by atoms with E-state index in [1.165, 1.54) is 60.7 Å². The minimum Gasteiger partial charge on any atom is -0.295 e. The molecular formula is C54H37N5. The Bertz CT molecular complexity index is 3250. The first-order valence-electron chi connectivity index (χ1n) is 20.2. The number of fused-ring (bicyclic) bond motifs is 11. The highest BCUT2D eigenvalue weighted by Gasteiger charge is 2.37. The summed E-state index contributed by atoms with van der Waals surface area (Å²) in [6.45, 7) is 4.69. The lowest BCUT2D eigenvalue weighted by Gasteiger charge is -2.28. The second-order valence-corrected chi connectivity index (χ2v) is 16.1. The van der Waals surface area contributed by atoms with Crippen molar-refractivity contribution in [1.82, 2.24) is 19.5 Å². The third kappa shape index (κ3) is 5.14. The molecule has 5 nitrogen and oxygen atoms in total. The van der Waals surface area contributed by atoms with Crippen LogP contribution in [-0.4, -0.2) is 19.5 Å². The van der Waals surface area contributed by atoms with Crippen LogP contribution in [0, 0.1) is 0 Å². The normalized spacial score (nSPS) is 13.4. The number of nitrogens with zero attached hydrogens (tertiary/aromatic N) is 5. The molecule has 0 radical (unpaired) electrons. The zero-order chi connectivity index (χ0) is 39.2. The second-order valence-electron chi connectivity index (χ2n) is 16.1. The molecule has 2 aliphatic rings. The number of para-hydroxylation sites is 2. The monoisotopic (exact) mass is 755 g/mol. The number of hydrogen-bond acceptors (Lipinski definition) is 4. The largest absolute Gasteiger partial charge is 0.295 e. The van der Waals surface area contributed by atoms with E-state index in [4.69, 9.17) is 15.0 Å². The highest BCUT2D eigenvalue weighted by Crippen LogP contribution is 2.54. The van der Waals surface area contributed by atoms with Crippen molar-refractivity contribution in [3.63, 3.8) is 0 Å². The summed E-state index contributed by atoms with van der Waals surface area (Å²) in [4.78, 5) is 17.5. The lowest BCUT2D eigenvalue weighted by atomic mass is 9.81. The third-order valence-electron chi connectivity index (χ3n) is 12.3. The van der Waals surface area contributed by atoms with Gasteiger partial charge in [-0.05, 0) is 81.6 Å². The quantitative estimate of drug-likeness (QED) is 0.179. The van der Waals surface area contributed by atoms with E-state index in [-0.39, 0.29) is 5.41 Å². The summed E-state index contributed by atoms with van der Waals surface area (Å²) in [5, 5.41) is 3.66. The van der Waals surface area contributed by atoms with Gasteiger partial charge in [-0.1, -0.05) is 153 Å². The van der Waals surface area contributed by atoms with Crippen LogP contribution in [-0.2, 0) is 5.41 Å². The van der Waals surface area contributed by atoms with Gasteiger partial charge in [0.25, 0.3) is 0 Å². The molecule has 2 aromatic heterocycles. The standard InChI is InChI=1S/C54H37N5/c1-54(2)45-30-39(53-56-51(34-15-5-3-6-16-34)55-52(57-53)35-17-7-4-8-18-35)25-27-41(45)42-28-26-40(33-46(42)54)58-48-24-14-12-22-43(48)44-29-36-19-9-10-20-37(36)31-49(44)59-47-23-13-11-21-38(47)32-50(58)59/h3-33H,1-2H3. The third-order valence-corrected chi connectivity index (χ3v) is 12.3. The van der Waals surface area contributed by atoms with E-state index < -0.39 is 0 Å². The van der Waals surface area contributed by atoms with Gasteiger partial charge in [0.05, 0.1) is 16.9 Å². The van der Waals surface area contributed by atoms with Crippen molar-refractivity contribution in [2.75, 3.05) is 4.90 Å². The molecular weight excluding hydrogens is 719 g/mol. The zero-order valence-corrected chi connectivity index (χ0v) is 32.6. The van der Waals surface area contributed by atoms with Crippen LogP contribution in [0.25, 0.3) is 83.8 Å². The summed E-state index contributed by atoms with van der Waals surface area (Å²) in [6, 6.07) is 67.4. The van der Waals surface area contributed by atoms with Gasteiger partial charge in [0.15, 0.2) is 17.5 Å². The summed E-state index contributed by atoms with van der Waals surface area (Å²) in [5.41, 5.74) is 14.7. The number of benzene rings is 8. The van der Waals surface area contributed by atoms with Crippen molar-refractivity contribution in [3.8, 4) is 62.1 Å². The summed E-state index contributed by atoms with van der Waals surface area (Å²) in [6.07, 6.45) is 0. The van der Waals surface area contributed by atoms with Crippen LogP contribution in [0.5, 0.6) is 0 Å². The van der Waals surface area contributed by atoms with Gasteiger partial charge in [-0.3, -0.25) is 9.47 Å². The van der Waals surface area contributed by atoms with E-state index in [1.807, 2.05) is 36.4 Å². The lowest BCUT2D eigenvalue weighted by Crippen LogP contribution is -2.17. The molecule has 0 saturated heterocycles. The van der Waals surface area contributed by atoms with Crippen molar-refractivity contribution in [3.05, 3.63) is 199 Å². The molecule has 10 aromatic rings. The smallest absolute Gasteiger partial charge is 0.164 e. The van der Waals surface area contributed by atoms with E-state index in [0.717, 1.165) is 33.9 Å². The van der Waals surface area contributed by atoms with Crippen molar-refractivity contribution >= 4 is 38.9 Å². The first-order valence-corrected chi connectivity index (χ1v) is 20.2. The van der Waals surface area contributed by atoms with Gasteiger partial charge in [0.2, 0.25) is 0 Å². The lowest BCUT2D eigenvalue weighted by molar-refractivity contribution is 0.660. The van der Waals surface area contributed by atoms with Crippen LogP contribution in [0.2, 0.25) is 0 Å². The first-order chi connectivity index (χ1) is 29.0. The molecule has 278 valence electrons. The Kier molecular flexibility index (Phi) is 7.20. The van der Waals surface area contributed by atoms with E-state index in [9.17, 15) is 0 Å². The molecule has 8 aromatic carbocycles. The SMILES string of the molecule is CC1(C)c2cc(-c3nc(-c4ccccc4)nc(-c4ccccc4)n3)ccc2-c2ccc(N3c4ccccc4-c4cc5ccccc5cc4-n4c3cc3ccccc34)cc21. The minimum absolute atomic E-state index is 0.299. The molecule has 0 saturated carbocycles. The molecule has 0 atom stereocenters. The summed E-state index contributed by atoms with van der Waals surface area (Å²) in [5.74, 6) is 3.09. The predicted octanol–water partition coefficient (Wildman–Crippen LogP) is 13.7. The molecule has 5 heteroatoms. The zero-order valence-electron chi connectivity index (χ0n) is 32.6. The molecule has 0 unspecified atom stereocenters. The number of hydrogen-bond donors (Lipinski definition) is 0. The maximum atomic E-state index is 5.07. The Labute approximate surface area is 342 Å². The van der Waals surface area contributed by atoms with Gasteiger partial charge in [0, 0.05) is 44.3 Å². The topological polar surface area (TPSA) is 46.8 Å². The van der Waals surface area contributed by atoms with Crippen LogP contribution >= 0.6 is 0 Å². The average Bonchev–Trinajstić information content (AvgIpc) is 3.74. The minimum atomic E-state index is -0.299. The molecule has 1 aliphatic heterocycles. The Morgan fingerprint density at radius 3 is 1.66 bits per heavy atom. The molecule has 59 heavy (non-hydrogen) atoms. The summed E-state index contributed by atoms with van der Waals surface area (Å²) >= 11 is 0. The number of rotatable bonds is 4. The Morgan fingerprint density at radius 2 is 0.949 bits per heavy atom. The maximum absolute atomic E-state index is 5.07. The summed E-state index contributed by atoms with van der Waals surface area (Å²) in [7, 11) is 0. The average molecular weight is 756 g/mol. The highest BCUT2D eigenvalue weighted by atomic mass is 15.3. The molecule has 0 bridgehead atoms. The second kappa shape index (κ2) is 12.7. The van der Waals surface area contributed by atoms with E-state index in [2.05, 4.69) is 175 Å². The van der Waals surface area contributed by atoms with Crippen LogP contribution in [0.1, 0.15) is 25.0 Å². The van der Waals surface area contributed by atoms with E-state index in [1.54, 1.807) is 0 Å². The van der Waals surface area contributed by atoms with Gasteiger partial charge < -0.3 is 0 Å². The Morgan fingerprint density at radius 1 is 0.390 bits per heavy atom. The van der Waals surface area contributed by atoms with Crippen LogP contribution in [0.15, 0.2) is 188 Å². The highest BCUT2D eigenvalue weighted by molar-refractivity contribution is 6.03. The Hall–Kier alpha value is -7.63. The van der Waals surface area contributed by atoms with Crippen LogP contribution in [0.3, 0.4) is 0 Å². The maximum Gasteiger partial charge on any atom is 0.164 e. The first kappa shape index (κ1) is 33.5. The van der Waals surface area contributed by atoms with Crippen molar-refractivity contribution < 1.29 is 0 Å². The molecule has 1 aliphatic carbocycles. The summed E-state index contributed by atoms with van der Waals surface area (Å²) < 4.78 is 2.46. The number of aromatic nitrogens is 4. The van der Waals surface area contributed by atoms with Gasteiger partial charge in [-0.25, -0.2) is 15.0 Å². The van der Waals surface area contributed by atoms with Crippen molar-refractivity contribution in [2.45, 2.75) is 19.3 Å². The fraction of sp³-hybridized carbons (Fsp3) is 0.0556. The molecule has 0 spiro atoms. The molecule has 0 fully saturated rings. The fourth-order valence-electron chi connectivity index (χ4n) is 9.42. The number of anilines is 3. The van der Waals surface area contributed by atoms with Crippen LogP contribution < -0.4 is 4.90 Å². The fourth-order valence-corrected chi connectivity index (χ4v) is 9.42. The van der Waals surface area contributed by atoms with E-state index in [0.29, 0.717) is 17.5 Å². The Balaban J connectivity index is 1.02.